The van der Waals surface area contributed by atoms with Crippen LogP contribution in [0.2, 0.25) is 0 Å². The van der Waals surface area contributed by atoms with Gasteiger partial charge in [0.1, 0.15) is 4.47 Å². The first-order valence-electron chi connectivity index (χ1n) is 6.44. The summed E-state index contributed by atoms with van der Waals surface area (Å²) >= 11 is 3.35. The Morgan fingerprint density at radius 3 is 2.79 bits per heavy atom. The maximum absolute atomic E-state index is 12.1. The van der Waals surface area contributed by atoms with Gasteiger partial charge in [0, 0.05) is 13.7 Å². The molecule has 1 N–H and O–H groups in total. The molecule has 1 heterocycles. The van der Waals surface area contributed by atoms with Crippen LogP contribution in [0.5, 0.6) is 0 Å². The zero-order chi connectivity index (χ0) is 14.5. The number of rotatable bonds is 7. The molecule has 0 saturated carbocycles. The third-order valence-corrected chi connectivity index (χ3v) is 3.45. The number of ether oxygens (including phenoxy) is 1. The molecule has 0 amide bonds. The van der Waals surface area contributed by atoms with Crippen molar-refractivity contribution in [1.29, 1.82) is 0 Å². The van der Waals surface area contributed by atoms with Crippen LogP contribution in [-0.4, -0.2) is 29.0 Å². The Morgan fingerprint density at radius 2 is 2.21 bits per heavy atom. The van der Waals surface area contributed by atoms with Crippen LogP contribution in [0, 0.1) is 0 Å². The molecule has 0 bridgehead atoms. The first-order chi connectivity index (χ1) is 8.91. The van der Waals surface area contributed by atoms with Gasteiger partial charge in [0.2, 0.25) is 0 Å². The predicted octanol–water partition coefficient (Wildman–Crippen LogP) is 2.64. The average Bonchev–Trinajstić information content (AvgIpc) is 2.34. The molecular formula is C13H22BrN3O2. The molecule has 0 aliphatic carbocycles. The number of anilines is 1. The van der Waals surface area contributed by atoms with Crippen LogP contribution < -0.4 is 10.9 Å². The molecule has 0 aliphatic heterocycles. The van der Waals surface area contributed by atoms with Crippen molar-refractivity contribution < 1.29 is 4.74 Å². The zero-order valence-corrected chi connectivity index (χ0v) is 13.6. The first-order valence-corrected chi connectivity index (χ1v) is 7.23. The molecule has 0 saturated heterocycles. The molecular weight excluding hydrogens is 310 g/mol. The van der Waals surface area contributed by atoms with Crippen molar-refractivity contribution in [3.63, 3.8) is 0 Å². The van der Waals surface area contributed by atoms with E-state index in [2.05, 4.69) is 33.3 Å². The van der Waals surface area contributed by atoms with E-state index in [1.165, 1.54) is 4.68 Å². The molecule has 108 valence electrons. The second-order valence-electron chi connectivity index (χ2n) is 5.20. The summed E-state index contributed by atoms with van der Waals surface area (Å²) < 4.78 is 7.15. The molecule has 0 aliphatic rings. The highest BCUT2D eigenvalue weighted by atomic mass is 79.9. The first kappa shape index (κ1) is 16.2. The summed E-state index contributed by atoms with van der Waals surface area (Å²) in [5, 5.41) is 7.46. The third kappa shape index (κ3) is 4.62. The van der Waals surface area contributed by atoms with Crippen molar-refractivity contribution in [2.75, 3.05) is 19.0 Å². The van der Waals surface area contributed by atoms with Crippen LogP contribution in [0.3, 0.4) is 0 Å². The fourth-order valence-corrected chi connectivity index (χ4v) is 2.19. The van der Waals surface area contributed by atoms with Crippen molar-refractivity contribution in [3.8, 4) is 0 Å². The van der Waals surface area contributed by atoms with Crippen LogP contribution in [-0.2, 0) is 11.3 Å². The highest BCUT2D eigenvalue weighted by Gasteiger charge is 2.20. The lowest BCUT2D eigenvalue weighted by molar-refractivity contribution is 0.158. The van der Waals surface area contributed by atoms with Crippen LogP contribution >= 0.6 is 15.9 Å². The van der Waals surface area contributed by atoms with Gasteiger partial charge in [0.25, 0.3) is 5.56 Å². The summed E-state index contributed by atoms with van der Waals surface area (Å²) in [4.78, 5) is 12.1. The summed E-state index contributed by atoms with van der Waals surface area (Å²) in [5.41, 5.74) is 0.326. The molecule has 0 fully saturated rings. The van der Waals surface area contributed by atoms with Gasteiger partial charge in [-0.25, -0.2) is 4.68 Å². The van der Waals surface area contributed by atoms with Crippen LogP contribution in [0.4, 0.5) is 5.69 Å². The van der Waals surface area contributed by atoms with Gasteiger partial charge in [-0.15, -0.1) is 0 Å². The number of aryl methyl sites for hydroxylation is 1. The van der Waals surface area contributed by atoms with Gasteiger partial charge in [0.15, 0.2) is 0 Å². The summed E-state index contributed by atoms with van der Waals surface area (Å²) in [5.74, 6) is 0. The highest BCUT2D eigenvalue weighted by molar-refractivity contribution is 9.10. The van der Waals surface area contributed by atoms with E-state index in [-0.39, 0.29) is 11.1 Å². The van der Waals surface area contributed by atoms with E-state index in [1.54, 1.807) is 13.3 Å². The molecule has 6 heteroatoms. The Labute approximate surface area is 122 Å². The minimum atomic E-state index is -0.263. The van der Waals surface area contributed by atoms with Gasteiger partial charge in [-0.05, 0) is 36.2 Å². The minimum absolute atomic E-state index is 0.105. The van der Waals surface area contributed by atoms with Gasteiger partial charge < -0.3 is 10.1 Å². The van der Waals surface area contributed by atoms with Crippen molar-refractivity contribution >= 4 is 21.6 Å². The summed E-state index contributed by atoms with van der Waals surface area (Å²) in [7, 11) is 1.65. The van der Waals surface area contributed by atoms with Gasteiger partial charge in [-0.2, -0.15) is 5.10 Å². The Kier molecular flexibility index (Phi) is 6.00. The Bertz CT molecular complexity index is 471. The Morgan fingerprint density at radius 1 is 1.53 bits per heavy atom. The van der Waals surface area contributed by atoms with E-state index in [1.807, 2.05) is 13.8 Å². The molecule has 0 atom stereocenters. The maximum atomic E-state index is 12.1. The molecule has 19 heavy (non-hydrogen) atoms. The fraction of sp³-hybridized carbons (Fsp3) is 0.692. The van der Waals surface area contributed by atoms with Gasteiger partial charge in [-0.3, -0.25) is 4.79 Å². The number of aromatic nitrogens is 2. The molecule has 0 unspecified atom stereocenters. The molecule has 1 aromatic heterocycles. The quantitative estimate of drug-likeness (QED) is 0.834. The van der Waals surface area contributed by atoms with E-state index in [9.17, 15) is 4.79 Å². The van der Waals surface area contributed by atoms with E-state index >= 15 is 0 Å². The highest BCUT2D eigenvalue weighted by Crippen LogP contribution is 2.21. The molecule has 0 aromatic carbocycles. The number of halogens is 1. The number of unbranched alkanes of at least 4 members (excludes halogenated alkanes) is 1. The molecule has 1 aromatic rings. The van der Waals surface area contributed by atoms with Crippen molar-refractivity contribution in [1.82, 2.24) is 9.78 Å². The lowest BCUT2D eigenvalue weighted by Gasteiger charge is -2.27. The van der Waals surface area contributed by atoms with Crippen molar-refractivity contribution in [3.05, 3.63) is 21.0 Å². The van der Waals surface area contributed by atoms with E-state index < -0.39 is 0 Å². The smallest absolute Gasteiger partial charge is 0.283 e. The lowest BCUT2D eigenvalue weighted by atomic mass is 10.1. The minimum Gasteiger partial charge on any atom is -0.382 e. The van der Waals surface area contributed by atoms with E-state index in [4.69, 9.17) is 4.74 Å². The van der Waals surface area contributed by atoms with Crippen molar-refractivity contribution in [2.45, 2.75) is 45.7 Å². The average molecular weight is 332 g/mol. The normalized spacial score (nSPS) is 11.6. The maximum Gasteiger partial charge on any atom is 0.283 e. The van der Waals surface area contributed by atoms with Crippen LogP contribution in [0.1, 0.15) is 33.6 Å². The second-order valence-corrected chi connectivity index (χ2v) is 5.99. The van der Waals surface area contributed by atoms with Crippen molar-refractivity contribution in [2.24, 2.45) is 0 Å². The molecule has 5 nitrogen and oxygen atoms in total. The number of hydrogen-bond acceptors (Lipinski definition) is 4. The van der Waals surface area contributed by atoms with Gasteiger partial charge >= 0.3 is 0 Å². The molecule has 0 spiro atoms. The second kappa shape index (κ2) is 7.05. The lowest BCUT2D eigenvalue weighted by Crippen LogP contribution is -2.37. The number of nitrogens with one attached hydrogen (secondary N) is 1. The fourth-order valence-electron chi connectivity index (χ4n) is 1.78. The summed E-state index contributed by atoms with van der Waals surface area (Å²) in [6.45, 7) is 7.29. The topological polar surface area (TPSA) is 56.1 Å². The molecule has 1 rings (SSSR count). The Hall–Kier alpha value is -0.880. The number of methoxy groups -OCH3 is 1. The Balaban J connectivity index is 2.93. The predicted molar refractivity (Wildman–Crippen MR) is 80.7 cm³/mol. The van der Waals surface area contributed by atoms with Gasteiger partial charge in [-0.1, -0.05) is 13.3 Å². The monoisotopic (exact) mass is 331 g/mol. The third-order valence-electron chi connectivity index (χ3n) is 2.69. The standard InChI is InChI=1S/C13H22BrN3O2/c1-5-6-7-17-12(18)11(14)10(8-15-17)16-13(2,3)9-19-4/h8,16H,5-7,9H2,1-4H3. The molecule has 0 radical (unpaired) electrons. The largest absolute Gasteiger partial charge is 0.382 e. The SMILES string of the molecule is CCCCn1ncc(NC(C)(C)COC)c(Br)c1=O. The van der Waals surface area contributed by atoms with Crippen LogP contribution in [0.25, 0.3) is 0 Å². The van der Waals surface area contributed by atoms with Gasteiger partial charge in [0.05, 0.1) is 24.0 Å². The van der Waals surface area contributed by atoms with Crippen LogP contribution in [0.15, 0.2) is 15.5 Å². The summed E-state index contributed by atoms with van der Waals surface area (Å²) in [6.07, 6.45) is 3.66. The van der Waals surface area contributed by atoms with E-state index in [0.717, 1.165) is 12.8 Å². The zero-order valence-electron chi connectivity index (χ0n) is 12.0. The summed E-state index contributed by atoms with van der Waals surface area (Å²) in [6, 6.07) is 0. The van der Waals surface area contributed by atoms with E-state index in [0.29, 0.717) is 23.3 Å². The number of nitrogens with zero attached hydrogens (tertiary/aromatic N) is 2. The number of hydrogen-bond donors (Lipinski definition) is 1.